The molecule has 17 heteroatoms. The minimum atomic E-state index is -5.55. The van der Waals surface area contributed by atoms with E-state index in [4.69, 9.17) is 9.57 Å². The van der Waals surface area contributed by atoms with Crippen molar-refractivity contribution in [1.82, 2.24) is 19.2 Å². The van der Waals surface area contributed by atoms with E-state index in [-0.39, 0.29) is 23.1 Å². The third-order valence-corrected chi connectivity index (χ3v) is 11.4. The highest BCUT2D eigenvalue weighted by atomic mass is 32.3. The number of fused-ring (bicyclic) bond motifs is 1. The number of carbonyl (C=O) groups excluding carboxylic acids is 2. The van der Waals surface area contributed by atoms with E-state index in [1.807, 2.05) is 0 Å². The van der Waals surface area contributed by atoms with Crippen molar-refractivity contribution in [2.24, 2.45) is 0 Å². The second-order valence-corrected chi connectivity index (χ2v) is 15.0. The molecule has 0 saturated carbocycles. The number of hydrogen-bond donors (Lipinski definition) is 4. The number of imidazole rings is 1. The number of nitrogens with one attached hydrogen (secondary N) is 2. The Morgan fingerprint density at radius 2 is 1.60 bits per heavy atom. The van der Waals surface area contributed by atoms with Crippen LogP contribution in [0.1, 0.15) is 34.7 Å². The molecule has 0 radical (unpaired) electrons. The maximum Gasteiger partial charge on any atom is 0.492 e. The van der Waals surface area contributed by atoms with Gasteiger partial charge in [-0.05, 0) is 69.5 Å². The van der Waals surface area contributed by atoms with Gasteiger partial charge in [-0.2, -0.15) is 13.2 Å². The van der Waals surface area contributed by atoms with Gasteiger partial charge in [0.25, 0.3) is 10.0 Å². The van der Waals surface area contributed by atoms with Crippen molar-refractivity contribution in [3.63, 3.8) is 0 Å². The number of aromatic nitrogens is 2. The number of alkyl halides is 3. The molecule has 0 bridgehead atoms. The summed E-state index contributed by atoms with van der Waals surface area (Å²) in [6.45, 7) is 0. The predicted octanol–water partition coefficient (Wildman–Crippen LogP) is 6.46. The van der Waals surface area contributed by atoms with Crippen LogP contribution in [0.15, 0.2) is 102 Å². The smallest absolute Gasteiger partial charge is 0.492 e. The number of para-hydroxylation sites is 2. The number of carbonyl (C=O) groups is 2. The van der Waals surface area contributed by atoms with E-state index in [1.54, 1.807) is 48.5 Å². The Balaban J connectivity index is 1.41. The summed E-state index contributed by atoms with van der Waals surface area (Å²) < 4.78 is 97.3. The summed E-state index contributed by atoms with van der Waals surface area (Å²) in [4.78, 5) is 35.7. The van der Waals surface area contributed by atoms with Crippen molar-refractivity contribution in [2.45, 2.75) is 35.2 Å². The van der Waals surface area contributed by atoms with Crippen LogP contribution in [-0.4, -0.2) is 57.1 Å². The molecular formula is C33H29F3N4O8S2. The molecule has 262 valence electrons. The van der Waals surface area contributed by atoms with Crippen LogP contribution in [0.25, 0.3) is 22.2 Å². The maximum absolute atomic E-state index is 14.2. The third-order valence-electron chi connectivity index (χ3n) is 8.01. The number of H-pyrrole nitrogens is 1. The van der Waals surface area contributed by atoms with Gasteiger partial charge in [0.2, 0.25) is 5.91 Å². The Labute approximate surface area is 285 Å². The van der Waals surface area contributed by atoms with Gasteiger partial charge in [0.1, 0.15) is 22.9 Å². The van der Waals surface area contributed by atoms with Gasteiger partial charge in [0.15, 0.2) is 0 Å². The van der Waals surface area contributed by atoms with E-state index in [0.29, 0.717) is 39.0 Å². The van der Waals surface area contributed by atoms with Gasteiger partial charge in [0, 0.05) is 0 Å². The van der Waals surface area contributed by atoms with E-state index >= 15 is 0 Å². The summed E-state index contributed by atoms with van der Waals surface area (Å²) >= 11 is 0. The van der Waals surface area contributed by atoms with Gasteiger partial charge < -0.3 is 14.6 Å². The van der Waals surface area contributed by atoms with Crippen LogP contribution < -0.4 is 9.46 Å². The van der Waals surface area contributed by atoms with Crippen molar-refractivity contribution in [1.29, 1.82) is 0 Å². The van der Waals surface area contributed by atoms with Gasteiger partial charge in [-0.3, -0.25) is 18.6 Å². The van der Waals surface area contributed by atoms with Crippen molar-refractivity contribution in [2.75, 3.05) is 7.11 Å². The number of nitrogens with zero attached hydrogens (tertiary/aromatic N) is 2. The van der Waals surface area contributed by atoms with Gasteiger partial charge in [-0.15, -0.1) is 10.8 Å². The normalized spacial score (nSPS) is 17.3. The van der Waals surface area contributed by atoms with Gasteiger partial charge in [-0.1, -0.05) is 60.7 Å². The molecule has 4 aromatic carbocycles. The lowest BCUT2D eigenvalue weighted by Crippen LogP contribution is -2.42. The number of aromatic amines is 1. The fourth-order valence-electron chi connectivity index (χ4n) is 5.49. The number of ether oxygens (including phenoxy) is 1. The van der Waals surface area contributed by atoms with Crippen LogP contribution in [0.4, 0.5) is 13.2 Å². The molecule has 0 aliphatic carbocycles. The number of hydroxylamine groups is 1. The molecule has 50 heavy (non-hydrogen) atoms. The first kappa shape index (κ1) is 34.9. The molecule has 5 aromatic rings. The predicted molar refractivity (Wildman–Crippen MR) is 177 cm³/mol. The molecule has 6 rings (SSSR count). The van der Waals surface area contributed by atoms with Crippen molar-refractivity contribution < 1.29 is 49.9 Å². The molecule has 2 heterocycles. The fraction of sp³-hybridized carbons (Fsp3) is 0.182. The summed E-state index contributed by atoms with van der Waals surface area (Å²) in [5, 5.41) is -0.944. The van der Waals surface area contributed by atoms with Crippen LogP contribution >= 0.6 is 10.8 Å². The molecule has 1 aromatic heterocycles. The number of amides is 1. The monoisotopic (exact) mass is 730 g/mol. The Hall–Kier alpha value is -4.94. The first-order valence-corrected chi connectivity index (χ1v) is 17.9. The van der Waals surface area contributed by atoms with Crippen molar-refractivity contribution >= 4 is 43.7 Å². The van der Waals surface area contributed by atoms with E-state index < -0.39 is 55.0 Å². The van der Waals surface area contributed by atoms with E-state index in [0.717, 1.165) is 0 Å². The zero-order valence-electron chi connectivity index (χ0n) is 26.0. The summed E-state index contributed by atoms with van der Waals surface area (Å²) in [5.41, 5.74) is 2.85. The lowest BCUT2D eigenvalue weighted by molar-refractivity contribution is -0.227. The molecule has 1 aliphatic heterocycles. The average Bonchev–Trinajstić information content (AvgIpc) is 3.64. The molecule has 0 spiro atoms. The highest BCUT2D eigenvalue weighted by molar-refractivity contribution is 8.23. The third kappa shape index (κ3) is 7.17. The van der Waals surface area contributed by atoms with E-state index in [9.17, 15) is 40.3 Å². The molecule has 1 saturated heterocycles. The highest BCUT2D eigenvalue weighted by Gasteiger charge is 2.47. The zero-order chi connectivity index (χ0) is 35.8. The van der Waals surface area contributed by atoms with Crippen molar-refractivity contribution in [3.8, 4) is 16.9 Å². The summed E-state index contributed by atoms with van der Waals surface area (Å²) in [7, 11) is -6.97. The number of sulfonamides is 1. The second-order valence-electron chi connectivity index (χ2n) is 11.3. The maximum atomic E-state index is 14.2. The molecule has 1 amide bonds. The first-order valence-electron chi connectivity index (χ1n) is 14.8. The topological polar surface area (TPSA) is 171 Å². The van der Waals surface area contributed by atoms with Crippen LogP contribution in [0.5, 0.6) is 5.75 Å². The van der Waals surface area contributed by atoms with Gasteiger partial charge in [0.05, 0.1) is 29.5 Å². The molecule has 12 nitrogen and oxygen atoms in total. The molecular weight excluding hydrogens is 702 g/mol. The van der Waals surface area contributed by atoms with Crippen molar-refractivity contribution in [3.05, 3.63) is 114 Å². The molecule has 1 fully saturated rings. The first-order chi connectivity index (χ1) is 23.7. The summed E-state index contributed by atoms with van der Waals surface area (Å²) in [6.07, 6.45) is -6.09. The van der Waals surface area contributed by atoms with Crippen LogP contribution in [0.3, 0.4) is 0 Å². The summed E-state index contributed by atoms with van der Waals surface area (Å²) in [5.74, 6) is -2.84. The fourth-order valence-corrected chi connectivity index (χ4v) is 8.33. The second kappa shape index (κ2) is 13.4. The van der Waals surface area contributed by atoms with Crippen LogP contribution in [0.2, 0.25) is 0 Å². The number of methoxy groups -OCH3 is 1. The molecule has 1 aliphatic rings. The Morgan fingerprint density at radius 3 is 2.16 bits per heavy atom. The largest absolute Gasteiger partial charge is 0.497 e. The standard InChI is InChI=1S/C33H29F3N4O8S2/c1-47-24-14-10-21(11-15-24)22-12-16-25(17-13-22)50(45,46)40(48-32(42)33(34,35)36)28(31-37-26-4-2-3-5-27(26)38-31)18-20-6-8-23(9-7-20)29-19-30(41)39-49(29,43)44/h2-17,28-29,43-44H,18-19H2,1H3,(H,37,38)(H,39,41). The molecule has 2 atom stereocenters. The van der Waals surface area contributed by atoms with Gasteiger partial charge >= 0.3 is 12.1 Å². The Bertz CT molecular complexity index is 2110. The minimum Gasteiger partial charge on any atom is -0.497 e. The van der Waals surface area contributed by atoms with Crippen LogP contribution in [-0.2, 0) is 30.9 Å². The molecule has 2 unspecified atom stereocenters. The minimum absolute atomic E-state index is 0.00696. The lowest BCUT2D eigenvalue weighted by atomic mass is 10.0. The Morgan fingerprint density at radius 1 is 0.980 bits per heavy atom. The quantitative estimate of drug-likeness (QED) is 0.118. The molecule has 4 N–H and O–H groups in total. The number of hydrogen-bond acceptors (Lipinski definition) is 9. The zero-order valence-corrected chi connectivity index (χ0v) is 27.6. The van der Waals surface area contributed by atoms with E-state index in [2.05, 4.69) is 14.7 Å². The SMILES string of the molecule is COc1ccc(-c2ccc(S(=O)(=O)N(OC(=O)C(F)(F)F)C(Cc3ccc(C4CC(=O)NS4(O)O)cc3)c3nc4ccccc4[nH]3)cc2)cc1. The number of rotatable bonds is 10. The lowest BCUT2D eigenvalue weighted by Gasteiger charge is -2.33. The highest BCUT2D eigenvalue weighted by Crippen LogP contribution is 2.56. The number of benzene rings is 4. The van der Waals surface area contributed by atoms with Crippen LogP contribution in [0, 0.1) is 0 Å². The average molecular weight is 731 g/mol. The summed E-state index contributed by atoms with van der Waals surface area (Å²) in [6, 6.07) is 23.1. The van der Waals surface area contributed by atoms with E-state index in [1.165, 1.54) is 55.6 Å². The Kier molecular flexibility index (Phi) is 9.36. The van der Waals surface area contributed by atoms with Gasteiger partial charge in [-0.25, -0.2) is 18.2 Å². The number of halogens is 3.